The van der Waals surface area contributed by atoms with Gasteiger partial charge in [-0.05, 0) is 48.0 Å². The van der Waals surface area contributed by atoms with E-state index in [1.807, 2.05) is 6.92 Å². The zero-order valence-electron chi connectivity index (χ0n) is 11.7. The van der Waals surface area contributed by atoms with Gasteiger partial charge in [-0.3, -0.25) is 0 Å². The molecule has 2 rings (SSSR count). The first-order valence-corrected chi connectivity index (χ1v) is 11.0. The lowest BCUT2D eigenvalue weighted by molar-refractivity contribution is 0.395. The molecule has 1 aliphatic rings. The van der Waals surface area contributed by atoms with E-state index in [0.29, 0.717) is 11.4 Å². The molecule has 1 fully saturated rings. The number of hydrogen-bond acceptors (Lipinski definition) is 4. The molecular weight excluding hydrogens is 378 g/mol. The van der Waals surface area contributed by atoms with E-state index in [1.165, 1.54) is 30.6 Å². The van der Waals surface area contributed by atoms with E-state index in [0.717, 1.165) is 21.5 Å². The Balaban J connectivity index is 2.10. The molecule has 0 saturated heterocycles. The van der Waals surface area contributed by atoms with Crippen molar-refractivity contribution in [3.8, 4) is 0 Å². The Bertz CT molecular complexity index is 562. The molecule has 1 heterocycles. The first-order valence-electron chi connectivity index (χ1n) is 6.69. The first-order chi connectivity index (χ1) is 9.38. The monoisotopic (exact) mass is 397 g/mol. The van der Waals surface area contributed by atoms with Crippen LogP contribution in [0.15, 0.2) is 14.7 Å². The second-order valence-electron chi connectivity index (χ2n) is 5.24. The molecule has 1 aliphatic carbocycles. The first kappa shape index (κ1) is 16.8. The Morgan fingerprint density at radius 3 is 2.55 bits per heavy atom. The molecule has 114 valence electrons. The molecular formula is C13H20BrNO2S3. The zero-order valence-corrected chi connectivity index (χ0v) is 15.8. The lowest BCUT2D eigenvalue weighted by atomic mass is 9.88. The van der Waals surface area contributed by atoms with Crippen molar-refractivity contribution in [2.45, 2.75) is 48.7 Å². The summed E-state index contributed by atoms with van der Waals surface area (Å²) in [5.41, 5.74) is 0. The van der Waals surface area contributed by atoms with Crippen molar-refractivity contribution in [1.29, 1.82) is 0 Å². The van der Waals surface area contributed by atoms with Gasteiger partial charge in [0.2, 0.25) is 10.0 Å². The standard InChI is InChI=1S/C13H20BrNO2S3/c1-10-11(8-12(14)19-10)20(16,17)15-9-13(18-2)6-4-3-5-7-13/h8,15H,3-7,9H2,1-2H3. The molecule has 20 heavy (non-hydrogen) atoms. The third kappa shape index (κ3) is 3.80. The van der Waals surface area contributed by atoms with Crippen molar-refractivity contribution in [2.75, 3.05) is 12.8 Å². The fraction of sp³-hybridized carbons (Fsp3) is 0.692. The summed E-state index contributed by atoms with van der Waals surface area (Å²) in [5, 5.41) is 0. The van der Waals surface area contributed by atoms with E-state index in [4.69, 9.17) is 0 Å². The van der Waals surface area contributed by atoms with E-state index >= 15 is 0 Å². The van der Waals surface area contributed by atoms with Crippen LogP contribution < -0.4 is 4.72 Å². The highest BCUT2D eigenvalue weighted by atomic mass is 79.9. The highest BCUT2D eigenvalue weighted by molar-refractivity contribution is 9.11. The number of hydrogen-bond donors (Lipinski definition) is 1. The number of sulfonamides is 1. The molecule has 0 amide bonds. The Morgan fingerprint density at radius 1 is 1.40 bits per heavy atom. The van der Waals surface area contributed by atoms with Crippen molar-refractivity contribution in [1.82, 2.24) is 4.72 Å². The number of thiophene rings is 1. The molecule has 3 nitrogen and oxygen atoms in total. The highest BCUT2D eigenvalue weighted by Crippen LogP contribution is 2.38. The Kier molecular flexibility index (Phi) is 5.62. The summed E-state index contributed by atoms with van der Waals surface area (Å²) in [6, 6.07) is 1.69. The van der Waals surface area contributed by atoms with Gasteiger partial charge in [0.05, 0.1) is 8.68 Å². The number of halogens is 1. The van der Waals surface area contributed by atoms with Crippen LogP contribution in [-0.4, -0.2) is 26.0 Å². The minimum absolute atomic E-state index is 0.0759. The summed E-state index contributed by atoms with van der Waals surface area (Å²) >= 11 is 6.61. The summed E-state index contributed by atoms with van der Waals surface area (Å²) in [6.45, 7) is 2.37. The molecule has 1 N–H and O–H groups in total. The quantitative estimate of drug-likeness (QED) is 0.810. The second-order valence-corrected chi connectivity index (χ2v) is 10.9. The SMILES string of the molecule is CSC1(CNS(=O)(=O)c2cc(Br)sc2C)CCCCC1. The molecule has 0 bridgehead atoms. The maximum absolute atomic E-state index is 12.4. The van der Waals surface area contributed by atoms with Gasteiger partial charge >= 0.3 is 0 Å². The van der Waals surface area contributed by atoms with Crippen molar-refractivity contribution in [2.24, 2.45) is 0 Å². The zero-order chi connectivity index (χ0) is 14.8. The average Bonchev–Trinajstić information content (AvgIpc) is 2.78. The minimum Gasteiger partial charge on any atom is -0.210 e. The van der Waals surface area contributed by atoms with Gasteiger partial charge < -0.3 is 0 Å². The number of aryl methyl sites for hydroxylation is 1. The third-order valence-electron chi connectivity index (χ3n) is 3.91. The molecule has 0 unspecified atom stereocenters. The Morgan fingerprint density at radius 2 is 2.05 bits per heavy atom. The Labute approximate surface area is 138 Å². The minimum atomic E-state index is -3.40. The average molecular weight is 398 g/mol. The topological polar surface area (TPSA) is 46.2 Å². The fourth-order valence-electron chi connectivity index (χ4n) is 2.65. The van der Waals surface area contributed by atoms with Crippen LogP contribution in [0.3, 0.4) is 0 Å². The lowest BCUT2D eigenvalue weighted by Gasteiger charge is -2.35. The van der Waals surface area contributed by atoms with E-state index in [2.05, 4.69) is 26.9 Å². The summed E-state index contributed by atoms with van der Waals surface area (Å²) in [7, 11) is -3.40. The normalized spacial score (nSPS) is 19.1. The van der Waals surface area contributed by atoms with Crippen LogP contribution in [0.5, 0.6) is 0 Å². The highest BCUT2D eigenvalue weighted by Gasteiger charge is 2.33. The smallest absolute Gasteiger partial charge is 0.210 e. The van der Waals surface area contributed by atoms with Crippen molar-refractivity contribution in [3.63, 3.8) is 0 Å². The van der Waals surface area contributed by atoms with Gasteiger partial charge in [-0.15, -0.1) is 11.3 Å². The fourth-order valence-corrected chi connectivity index (χ4v) is 7.20. The van der Waals surface area contributed by atoms with Crippen LogP contribution in [-0.2, 0) is 10.0 Å². The van der Waals surface area contributed by atoms with E-state index in [1.54, 1.807) is 17.8 Å². The number of nitrogens with one attached hydrogen (secondary N) is 1. The largest absolute Gasteiger partial charge is 0.241 e. The van der Waals surface area contributed by atoms with Gasteiger partial charge in [-0.2, -0.15) is 11.8 Å². The van der Waals surface area contributed by atoms with Crippen LogP contribution in [0.25, 0.3) is 0 Å². The van der Waals surface area contributed by atoms with Crippen LogP contribution in [0.4, 0.5) is 0 Å². The summed E-state index contributed by atoms with van der Waals surface area (Å²) in [5.74, 6) is 0. The molecule has 0 aliphatic heterocycles. The summed E-state index contributed by atoms with van der Waals surface area (Å²) in [6.07, 6.45) is 7.96. The lowest BCUT2D eigenvalue weighted by Crippen LogP contribution is -2.41. The molecule has 1 aromatic rings. The molecule has 0 atom stereocenters. The predicted octanol–water partition coefficient (Wildman–Crippen LogP) is 4.16. The molecule has 1 saturated carbocycles. The van der Waals surface area contributed by atoms with Gasteiger partial charge in [0, 0.05) is 16.2 Å². The second kappa shape index (κ2) is 6.69. The molecule has 0 spiro atoms. The predicted molar refractivity (Wildman–Crippen MR) is 91.3 cm³/mol. The van der Waals surface area contributed by atoms with Gasteiger partial charge in [0.15, 0.2) is 0 Å². The molecule has 0 aromatic carbocycles. The van der Waals surface area contributed by atoms with Crippen LogP contribution in [0, 0.1) is 6.92 Å². The number of rotatable bonds is 5. The van der Waals surface area contributed by atoms with E-state index < -0.39 is 10.0 Å². The van der Waals surface area contributed by atoms with Crippen molar-refractivity contribution >= 4 is 49.1 Å². The van der Waals surface area contributed by atoms with Crippen LogP contribution in [0.1, 0.15) is 37.0 Å². The molecule has 1 aromatic heterocycles. The molecule has 7 heteroatoms. The van der Waals surface area contributed by atoms with Crippen LogP contribution >= 0.6 is 39.0 Å². The third-order valence-corrected chi connectivity index (χ3v) is 8.54. The maximum atomic E-state index is 12.4. The summed E-state index contributed by atoms with van der Waals surface area (Å²) in [4.78, 5) is 1.23. The van der Waals surface area contributed by atoms with Gasteiger partial charge in [-0.25, -0.2) is 13.1 Å². The van der Waals surface area contributed by atoms with E-state index in [-0.39, 0.29) is 4.75 Å². The van der Waals surface area contributed by atoms with Crippen LogP contribution in [0.2, 0.25) is 0 Å². The van der Waals surface area contributed by atoms with E-state index in [9.17, 15) is 8.42 Å². The maximum Gasteiger partial charge on any atom is 0.241 e. The van der Waals surface area contributed by atoms with Gasteiger partial charge in [-0.1, -0.05) is 19.3 Å². The summed E-state index contributed by atoms with van der Waals surface area (Å²) < 4.78 is 28.6. The molecule has 0 radical (unpaired) electrons. The Hall–Kier alpha value is 0.440. The number of thioether (sulfide) groups is 1. The van der Waals surface area contributed by atoms with Gasteiger partial charge in [0.25, 0.3) is 0 Å². The van der Waals surface area contributed by atoms with Gasteiger partial charge in [0.1, 0.15) is 0 Å². The van der Waals surface area contributed by atoms with Crippen molar-refractivity contribution in [3.05, 3.63) is 14.7 Å². The van der Waals surface area contributed by atoms with Crippen molar-refractivity contribution < 1.29 is 8.42 Å².